The molecule has 5 heteroatoms. The zero-order chi connectivity index (χ0) is 20.4. The quantitative estimate of drug-likeness (QED) is 0.423. The molecule has 0 bridgehead atoms. The van der Waals surface area contributed by atoms with Crippen molar-refractivity contribution >= 4 is 22.5 Å². The van der Waals surface area contributed by atoms with Crippen LogP contribution in [0.5, 0.6) is 0 Å². The van der Waals surface area contributed by atoms with Gasteiger partial charge in [-0.25, -0.2) is 0 Å². The van der Waals surface area contributed by atoms with E-state index in [0.29, 0.717) is 17.7 Å². The molecule has 28 heavy (non-hydrogen) atoms. The first-order valence-corrected chi connectivity index (χ1v) is 11.0. The van der Waals surface area contributed by atoms with E-state index in [1.54, 1.807) is 24.3 Å². The summed E-state index contributed by atoms with van der Waals surface area (Å²) in [6, 6.07) is 6.99. The number of hydrogen-bond acceptors (Lipinski definition) is 3. The molecular weight excluding hydrogens is 374 g/mol. The number of aliphatic hydroxyl groups excluding tert-OH is 1. The molecule has 0 saturated carbocycles. The van der Waals surface area contributed by atoms with Gasteiger partial charge in [0, 0.05) is 11.6 Å². The molecule has 2 rings (SSSR count). The molecule has 1 aromatic rings. The fourth-order valence-electron chi connectivity index (χ4n) is 3.69. The highest BCUT2D eigenvalue weighted by molar-refractivity contribution is 6.49. The number of hydrogen-bond donors (Lipinski definition) is 3. The fourth-order valence-corrected chi connectivity index (χ4v) is 4.02. The summed E-state index contributed by atoms with van der Waals surface area (Å²) in [5.74, 6) is -0.608. The highest BCUT2D eigenvalue weighted by Crippen LogP contribution is 2.40. The number of fused-ring (bicyclic) bond motifs is 1. The van der Waals surface area contributed by atoms with Gasteiger partial charge in [0.2, 0.25) is 0 Å². The summed E-state index contributed by atoms with van der Waals surface area (Å²) in [7, 11) is 0. The predicted octanol–water partition coefficient (Wildman–Crippen LogP) is 5.08. The van der Waals surface area contributed by atoms with E-state index in [0.717, 1.165) is 19.3 Å². The molecule has 4 nitrogen and oxygen atoms in total. The van der Waals surface area contributed by atoms with Crippen LogP contribution in [0.15, 0.2) is 30.3 Å². The lowest BCUT2D eigenvalue weighted by molar-refractivity contribution is -0.145. The summed E-state index contributed by atoms with van der Waals surface area (Å²) >= 11 is 6.22. The highest BCUT2D eigenvalue weighted by atomic mass is 35.5. The molecule has 2 unspecified atom stereocenters. The molecule has 3 N–H and O–H groups in total. The summed E-state index contributed by atoms with van der Waals surface area (Å²) in [4.78, 5) is 12.5. The van der Waals surface area contributed by atoms with Crippen molar-refractivity contribution in [3.05, 3.63) is 41.5 Å². The molecule has 0 spiro atoms. The van der Waals surface area contributed by atoms with Crippen molar-refractivity contribution in [1.82, 2.24) is 5.32 Å². The Bertz CT molecular complexity index is 661. The zero-order valence-electron chi connectivity index (χ0n) is 16.9. The maximum Gasteiger partial charge on any atom is 0.259 e. The first-order valence-electron chi connectivity index (χ1n) is 10.7. The number of rotatable bonds is 12. The van der Waals surface area contributed by atoms with E-state index in [9.17, 15) is 15.0 Å². The number of amides is 1. The second-order valence-corrected chi connectivity index (χ2v) is 8.15. The molecule has 1 aromatic carbocycles. The second kappa shape index (κ2) is 11.6. The van der Waals surface area contributed by atoms with Gasteiger partial charge in [-0.15, -0.1) is 0 Å². The van der Waals surface area contributed by atoms with Gasteiger partial charge in [-0.2, -0.15) is 0 Å². The Morgan fingerprint density at radius 2 is 1.61 bits per heavy atom. The number of carbonyl (C=O) groups excluding carboxylic acids is 1. The number of carbonyl (C=O) groups is 1. The highest BCUT2D eigenvalue weighted by Gasteiger charge is 2.46. The molecule has 0 fully saturated rings. The minimum absolute atomic E-state index is 0.275. The van der Waals surface area contributed by atoms with E-state index in [2.05, 4.69) is 12.2 Å². The van der Waals surface area contributed by atoms with Crippen LogP contribution in [0.2, 0.25) is 0 Å². The van der Waals surface area contributed by atoms with E-state index in [1.807, 2.05) is 0 Å². The maximum absolute atomic E-state index is 12.5. The van der Waals surface area contributed by atoms with Crippen molar-refractivity contribution in [1.29, 1.82) is 0 Å². The van der Waals surface area contributed by atoms with E-state index < -0.39 is 17.6 Å². The van der Waals surface area contributed by atoms with Crippen LogP contribution < -0.4 is 5.32 Å². The SMILES string of the molecule is CCCCCCCCCCCCNC(=O)C1(O)C=C(Cl)c2ccccc2C1O. The third kappa shape index (κ3) is 6.07. The van der Waals surface area contributed by atoms with Gasteiger partial charge in [-0.05, 0) is 23.6 Å². The molecule has 0 radical (unpaired) electrons. The number of unbranched alkanes of at least 4 members (excludes halogenated alkanes) is 9. The normalized spacial score (nSPS) is 21.1. The van der Waals surface area contributed by atoms with Crippen molar-refractivity contribution in [2.24, 2.45) is 0 Å². The topological polar surface area (TPSA) is 69.6 Å². The monoisotopic (exact) mass is 407 g/mol. The average molecular weight is 408 g/mol. The molecule has 2 atom stereocenters. The lowest BCUT2D eigenvalue weighted by Gasteiger charge is -2.34. The lowest BCUT2D eigenvalue weighted by Crippen LogP contribution is -2.51. The molecule has 0 heterocycles. The third-order valence-corrected chi connectivity index (χ3v) is 5.77. The molecule has 1 aliphatic rings. The van der Waals surface area contributed by atoms with Crippen LogP contribution in [0.4, 0.5) is 0 Å². The van der Waals surface area contributed by atoms with Crippen LogP contribution in [-0.2, 0) is 4.79 Å². The smallest absolute Gasteiger partial charge is 0.259 e. The Hall–Kier alpha value is -1.36. The van der Waals surface area contributed by atoms with Crippen molar-refractivity contribution < 1.29 is 15.0 Å². The van der Waals surface area contributed by atoms with Crippen molar-refractivity contribution in [3.8, 4) is 0 Å². The van der Waals surface area contributed by atoms with Gasteiger partial charge >= 0.3 is 0 Å². The molecule has 0 aromatic heterocycles. The number of halogens is 1. The second-order valence-electron chi connectivity index (χ2n) is 7.75. The number of benzene rings is 1. The van der Waals surface area contributed by atoms with Crippen LogP contribution >= 0.6 is 11.6 Å². The number of aliphatic hydroxyl groups is 2. The molecule has 0 aliphatic heterocycles. The van der Waals surface area contributed by atoms with E-state index in [1.165, 1.54) is 51.0 Å². The summed E-state index contributed by atoms with van der Waals surface area (Å²) in [6.45, 7) is 2.72. The number of nitrogens with one attached hydrogen (secondary N) is 1. The van der Waals surface area contributed by atoms with Gasteiger partial charge in [-0.3, -0.25) is 4.79 Å². The average Bonchev–Trinajstić information content (AvgIpc) is 2.70. The third-order valence-electron chi connectivity index (χ3n) is 5.46. The summed E-state index contributed by atoms with van der Waals surface area (Å²) in [6.07, 6.45) is 12.1. The Kier molecular flexibility index (Phi) is 9.49. The predicted molar refractivity (Wildman–Crippen MR) is 115 cm³/mol. The van der Waals surface area contributed by atoms with E-state index in [-0.39, 0.29) is 5.03 Å². The molecular formula is C23H34ClNO3. The molecule has 1 amide bonds. The zero-order valence-corrected chi connectivity index (χ0v) is 17.7. The largest absolute Gasteiger partial charge is 0.384 e. The fraction of sp³-hybridized carbons (Fsp3) is 0.609. The maximum atomic E-state index is 12.5. The minimum atomic E-state index is -2.04. The van der Waals surface area contributed by atoms with Crippen molar-refractivity contribution in [2.75, 3.05) is 6.54 Å². The minimum Gasteiger partial charge on any atom is -0.384 e. The Morgan fingerprint density at radius 1 is 1.04 bits per heavy atom. The van der Waals surface area contributed by atoms with Crippen molar-refractivity contribution in [2.45, 2.75) is 82.8 Å². The molecule has 0 saturated heterocycles. The van der Waals surface area contributed by atoms with Gasteiger partial charge in [0.05, 0.1) is 0 Å². The van der Waals surface area contributed by atoms with Crippen LogP contribution in [-0.4, -0.2) is 28.3 Å². The van der Waals surface area contributed by atoms with E-state index >= 15 is 0 Å². The van der Waals surface area contributed by atoms with Gasteiger partial charge in [0.15, 0.2) is 5.60 Å². The van der Waals surface area contributed by atoms with Gasteiger partial charge in [-0.1, -0.05) is 101 Å². The summed E-state index contributed by atoms with van der Waals surface area (Å²) in [5.41, 5.74) is -0.931. The Morgan fingerprint density at radius 3 is 2.25 bits per heavy atom. The Labute approximate surface area is 174 Å². The molecule has 156 valence electrons. The Balaban J connectivity index is 1.69. The van der Waals surface area contributed by atoms with Crippen LogP contribution in [0, 0.1) is 0 Å². The van der Waals surface area contributed by atoms with Crippen LogP contribution in [0.25, 0.3) is 5.03 Å². The lowest BCUT2D eigenvalue weighted by atomic mass is 9.82. The standard InChI is InChI=1S/C23H34ClNO3/c1-2-3-4-5-6-7-8-9-10-13-16-25-22(27)23(28)17-20(24)18-14-11-12-15-19(18)21(23)26/h11-12,14-15,17,21,26,28H,2-10,13,16H2,1H3,(H,25,27). The molecule has 1 aliphatic carbocycles. The summed E-state index contributed by atoms with van der Waals surface area (Å²) in [5, 5.41) is 24.3. The van der Waals surface area contributed by atoms with Crippen LogP contribution in [0.3, 0.4) is 0 Å². The van der Waals surface area contributed by atoms with Crippen LogP contribution in [0.1, 0.15) is 88.4 Å². The van der Waals surface area contributed by atoms with Crippen molar-refractivity contribution in [3.63, 3.8) is 0 Å². The first-order chi connectivity index (χ1) is 13.5. The first kappa shape index (κ1) is 22.9. The summed E-state index contributed by atoms with van der Waals surface area (Å²) < 4.78 is 0. The van der Waals surface area contributed by atoms with E-state index in [4.69, 9.17) is 11.6 Å². The van der Waals surface area contributed by atoms with Gasteiger partial charge in [0.1, 0.15) is 6.10 Å². The van der Waals surface area contributed by atoms with Gasteiger partial charge in [0.25, 0.3) is 5.91 Å². The van der Waals surface area contributed by atoms with Gasteiger partial charge < -0.3 is 15.5 Å².